The number of likely N-dealkylation sites (tertiary alicyclic amines) is 1. The zero-order valence-corrected chi connectivity index (χ0v) is 9.52. The molecular formula is C13H19NO. The van der Waals surface area contributed by atoms with E-state index in [0.717, 1.165) is 18.4 Å². The SMILES string of the molecule is CC(=O)[C@@H]1[C@H]2C3C=CC(CC3)[C@H]2CN1C. The minimum Gasteiger partial charge on any atom is -0.298 e. The van der Waals surface area contributed by atoms with Crippen molar-refractivity contribution in [2.75, 3.05) is 13.6 Å². The lowest BCUT2D eigenvalue weighted by Gasteiger charge is -2.42. The van der Waals surface area contributed by atoms with Crippen molar-refractivity contribution in [1.82, 2.24) is 4.90 Å². The average Bonchev–Trinajstić information content (AvgIpc) is 2.58. The van der Waals surface area contributed by atoms with Gasteiger partial charge in [-0.05, 0) is 50.5 Å². The van der Waals surface area contributed by atoms with E-state index in [1.165, 1.54) is 12.8 Å². The number of nitrogens with zero attached hydrogens (tertiary/aromatic N) is 1. The molecule has 5 atom stereocenters. The van der Waals surface area contributed by atoms with Crippen molar-refractivity contribution in [3.63, 3.8) is 0 Å². The molecule has 0 radical (unpaired) electrons. The Hall–Kier alpha value is -0.630. The zero-order chi connectivity index (χ0) is 10.6. The molecule has 82 valence electrons. The van der Waals surface area contributed by atoms with Gasteiger partial charge in [0, 0.05) is 6.54 Å². The molecule has 3 aliphatic carbocycles. The fourth-order valence-corrected chi connectivity index (χ4v) is 4.19. The highest BCUT2D eigenvalue weighted by Gasteiger charge is 2.51. The van der Waals surface area contributed by atoms with Crippen molar-refractivity contribution in [2.45, 2.75) is 25.8 Å². The number of likely N-dealkylation sites (N-methyl/N-ethyl adjacent to an activating group) is 1. The molecule has 0 N–H and O–H groups in total. The van der Waals surface area contributed by atoms with E-state index in [0.29, 0.717) is 17.6 Å². The van der Waals surface area contributed by atoms with Crippen LogP contribution in [0.3, 0.4) is 0 Å². The molecule has 0 aromatic carbocycles. The largest absolute Gasteiger partial charge is 0.298 e. The van der Waals surface area contributed by atoms with Crippen LogP contribution in [0, 0.1) is 23.7 Å². The van der Waals surface area contributed by atoms with Crippen LogP contribution < -0.4 is 0 Å². The van der Waals surface area contributed by atoms with E-state index in [1.807, 2.05) is 0 Å². The minimum atomic E-state index is 0.202. The number of allylic oxidation sites excluding steroid dienone is 2. The molecule has 2 nitrogen and oxygen atoms in total. The van der Waals surface area contributed by atoms with E-state index in [1.54, 1.807) is 6.92 Å². The van der Waals surface area contributed by atoms with Crippen molar-refractivity contribution >= 4 is 5.78 Å². The number of rotatable bonds is 1. The molecule has 0 amide bonds. The van der Waals surface area contributed by atoms with Gasteiger partial charge in [0.05, 0.1) is 6.04 Å². The first-order valence-corrected chi connectivity index (χ1v) is 6.07. The van der Waals surface area contributed by atoms with Gasteiger partial charge in [-0.15, -0.1) is 0 Å². The molecule has 15 heavy (non-hydrogen) atoms. The summed E-state index contributed by atoms with van der Waals surface area (Å²) in [5.41, 5.74) is 0. The predicted octanol–water partition coefficient (Wildman–Crippen LogP) is 1.72. The van der Waals surface area contributed by atoms with E-state index in [2.05, 4.69) is 24.1 Å². The van der Waals surface area contributed by atoms with Crippen molar-refractivity contribution in [3.8, 4) is 0 Å². The Morgan fingerprint density at radius 1 is 1.27 bits per heavy atom. The summed E-state index contributed by atoms with van der Waals surface area (Å²) in [6.45, 7) is 2.88. The van der Waals surface area contributed by atoms with Crippen LogP contribution in [-0.2, 0) is 4.79 Å². The fourth-order valence-electron chi connectivity index (χ4n) is 4.19. The van der Waals surface area contributed by atoms with Gasteiger partial charge < -0.3 is 0 Å². The van der Waals surface area contributed by atoms with Crippen LogP contribution in [0.5, 0.6) is 0 Å². The first kappa shape index (κ1) is 9.59. The van der Waals surface area contributed by atoms with Crippen LogP contribution in [0.15, 0.2) is 12.2 Å². The third kappa shape index (κ3) is 1.24. The Morgan fingerprint density at radius 2 is 1.93 bits per heavy atom. The maximum absolute atomic E-state index is 11.7. The molecule has 1 saturated carbocycles. The third-order valence-corrected chi connectivity index (χ3v) is 4.73. The van der Waals surface area contributed by atoms with Crippen LogP contribution >= 0.6 is 0 Å². The van der Waals surface area contributed by atoms with Crippen LogP contribution in [0.2, 0.25) is 0 Å². The number of hydrogen-bond acceptors (Lipinski definition) is 2. The van der Waals surface area contributed by atoms with Crippen LogP contribution in [0.4, 0.5) is 0 Å². The van der Waals surface area contributed by atoms with Crippen LogP contribution in [-0.4, -0.2) is 30.3 Å². The third-order valence-electron chi connectivity index (χ3n) is 4.73. The minimum absolute atomic E-state index is 0.202. The van der Waals surface area contributed by atoms with Crippen LogP contribution in [0.1, 0.15) is 19.8 Å². The molecule has 1 saturated heterocycles. The molecule has 4 rings (SSSR count). The van der Waals surface area contributed by atoms with E-state index >= 15 is 0 Å². The molecule has 2 unspecified atom stereocenters. The molecule has 2 fully saturated rings. The first-order valence-electron chi connectivity index (χ1n) is 6.07. The lowest BCUT2D eigenvalue weighted by molar-refractivity contribution is -0.122. The smallest absolute Gasteiger partial charge is 0.147 e. The highest BCUT2D eigenvalue weighted by Crippen LogP contribution is 2.50. The number of fused-ring (bicyclic) bond motifs is 1. The maximum Gasteiger partial charge on any atom is 0.147 e. The molecule has 1 aliphatic heterocycles. The second-order valence-corrected chi connectivity index (χ2v) is 5.53. The molecular weight excluding hydrogens is 186 g/mol. The Labute approximate surface area is 91.3 Å². The van der Waals surface area contributed by atoms with Gasteiger partial charge in [-0.25, -0.2) is 0 Å². The summed E-state index contributed by atoms with van der Waals surface area (Å²) in [6, 6.07) is 0.202. The summed E-state index contributed by atoms with van der Waals surface area (Å²) in [5.74, 6) is 3.18. The van der Waals surface area contributed by atoms with Crippen molar-refractivity contribution in [1.29, 1.82) is 0 Å². The van der Waals surface area contributed by atoms with Gasteiger partial charge >= 0.3 is 0 Å². The lowest BCUT2D eigenvalue weighted by atomic mass is 9.61. The molecule has 0 spiro atoms. The van der Waals surface area contributed by atoms with Gasteiger partial charge in [-0.2, -0.15) is 0 Å². The first-order chi connectivity index (χ1) is 7.18. The molecule has 4 aliphatic rings. The Balaban J connectivity index is 1.95. The number of carbonyl (C=O) groups excluding carboxylic acids is 1. The number of carbonyl (C=O) groups is 1. The quantitative estimate of drug-likeness (QED) is 0.607. The van der Waals surface area contributed by atoms with E-state index in [9.17, 15) is 4.79 Å². The summed E-state index contributed by atoms with van der Waals surface area (Å²) in [4.78, 5) is 14.0. The molecule has 0 aromatic heterocycles. The summed E-state index contributed by atoms with van der Waals surface area (Å²) in [7, 11) is 2.11. The summed E-state index contributed by atoms with van der Waals surface area (Å²) < 4.78 is 0. The summed E-state index contributed by atoms with van der Waals surface area (Å²) >= 11 is 0. The van der Waals surface area contributed by atoms with Gasteiger partial charge in [0.25, 0.3) is 0 Å². The van der Waals surface area contributed by atoms with Gasteiger partial charge in [0.2, 0.25) is 0 Å². The zero-order valence-electron chi connectivity index (χ0n) is 9.52. The number of Topliss-reactive ketones (excluding diaryl/α,β-unsaturated/α-hetero) is 1. The number of hydrogen-bond donors (Lipinski definition) is 0. The van der Waals surface area contributed by atoms with E-state index in [-0.39, 0.29) is 6.04 Å². The van der Waals surface area contributed by atoms with Gasteiger partial charge in [-0.1, -0.05) is 12.2 Å². The topological polar surface area (TPSA) is 20.3 Å². The summed E-state index contributed by atoms with van der Waals surface area (Å²) in [5, 5.41) is 0. The highest BCUT2D eigenvalue weighted by molar-refractivity contribution is 5.82. The maximum atomic E-state index is 11.7. The van der Waals surface area contributed by atoms with Crippen LogP contribution in [0.25, 0.3) is 0 Å². The Morgan fingerprint density at radius 3 is 2.53 bits per heavy atom. The molecule has 2 bridgehead atoms. The van der Waals surface area contributed by atoms with Gasteiger partial charge in [0.15, 0.2) is 0 Å². The lowest BCUT2D eigenvalue weighted by Crippen LogP contribution is -2.42. The standard InChI is InChI=1S/C13H19NO/c1-8(15)13-12-10-5-3-9(4-6-10)11(12)7-14(13)2/h3,5,9-13H,4,6-7H2,1-2H3/t9?,10?,11-,12+,13-/m1/s1. The van der Waals surface area contributed by atoms with Crippen molar-refractivity contribution in [3.05, 3.63) is 12.2 Å². The number of ketones is 1. The Kier molecular flexibility index (Phi) is 2.03. The van der Waals surface area contributed by atoms with Crippen molar-refractivity contribution in [2.24, 2.45) is 23.7 Å². The second-order valence-electron chi connectivity index (χ2n) is 5.53. The van der Waals surface area contributed by atoms with Gasteiger partial charge in [-0.3, -0.25) is 9.69 Å². The van der Waals surface area contributed by atoms with E-state index < -0.39 is 0 Å². The monoisotopic (exact) mass is 205 g/mol. The van der Waals surface area contributed by atoms with E-state index in [4.69, 9.17) is 0 Å². The predicted molar refractivity (Wildman–Crippen MR) is 59.4 cm³/mol. The van der Waals surface area contributed by atoms with Gasteiger partial charge in [0.1, 0.15) is 5.78 Å². The normalized spacial score (nSPS) is 48.3. The molecule has 2 heteroatoms. The molecule has 1 heterocycles. The van der Waals surface area contributed by atoms with Crippen molar-refractivity contribution < 1.29 is 4.79 Å². The fraction of sp³-hybridized carbons (Fsp3) is 0.769. The average molecular weight is 205 g/mol. The summed E-state index contributed by atoms with van der Waals surface area (Å²) in [6.07, 6.45) is 7.44. The molecule has 0 aromatic rings. The second kappa shape index (κ2) is 3.18. The Bertz CT molecular complexity index is 322. The highest BCUT2D eigenvalue weighted by atomic mass is 16.1.